The van der Waals surface area contributed by atoms with E-state index in [0.717, 1.165) is 6.07 Å². The Labute approximate surface area is 157 Å². The molecule has 7 nitrogen and oxygen atoms in total. The van der Waals surface area contributed by atoms with Gasteiger partial charge in [0.15, 0.2) is 24.1 Å². The summed E-state index contributed by atoms with van der Waals surface area (Å²) >= 11 is 0. The van der Waals surface area contributed by atoms with Crippen molar-refractivity contribution in [2.75, 3.05) is 18.5 Å². The zero-order valence-corrected chi connectivity index (χ0v) is 14.3. The van der Waals surface area contributed by atoms with Gasteiger partial charge >= 0.3 is 5.97 Å². The summed E-state index contributed by atoms with van der Waals surface area (Å²) in [5.74, 6) is -7.05. The van der Waals surface area contributed by atoms with E-state index in [-0.39, 0.29) is 12.2 Å². The van der Waals surface area contributed by atoms with Crippen molar-refractivity contribution < 1.29 is 37.4 Å². The van der Waals surface area contributed by atoms with Crippen molar-refractivity contribution in [3.8, 4) is 5.75 Å². The second-order valence-electron chi connectivity index (χ2n) is 5.55. The smallest absolute Gasteiger partial charge is 0.310 e. The molecule has 28 heavy (non-hydrogen) atoms. The first-order valence-electron chi connectivity index (χ1n) is 7.90. The lowest BCUT2D eigenvalue weighted by Gasteiger charge is -2.09. The number of phenols is 1. The van der Waals surface area contributed by atoms with E-state index in [1.165, 1.54) is 24.3 Å². The van der Waals surface area contributed by atoms with Crippen molar-refractivity contribution >= 4 is 23.5 Å². The van der Waals surface area contributed by atoms with Crippen LogP contribution in [0.2, 0.25) is 0 Å². The molecule has 0 saturated carbocycles. The highest BCUT2D eigenvalue weighted by atomic mass is 19.2. The van der Waals surface area contributed by atoms with Gasteiger partial charge in [0.2, 0.25) is 5.91 Å². The highest BCUT2D eigenvalue weighted by Gasteiger charge is 2.16. The minimum absolute atomic E-state index is 0.0398. The topological polar surface area (TPSA) is 105 Å². The van der Waals surface area contributed by atoms with Gasteiger partial charge in [0.1, 0.15) is 5.75 Å². The molecule has 3 N–H and O–H groups in total. The molecule has 0 spiro atoms. The normalized spacial score (nSPS) is 10.2. The zero-order chi connectivity index (χ0) is 20.7. The highest BCUT2D eigenvalue weighted by molar-refractivity contribution is 5.95. The third-order valence-electron chi connectivity index (χ3n) is 3.40. The molecule has 2 rings (SSSR count). The van der Waals surface area contributed by atoms with Crippen LogP contribution < -0.4 is 10.6 Å². The van der Waals surface area contributed by atoms with Gasteiger partial charge in [-0.25, -0.2) is 13.2 Å². The molecule has 0 radical (unpaired) electrons. The van der Waals surface area contributed by atoms with E-state index in [1.807, 2.05) is 5.32 Å². The van der Waals surface area contributed by atoms with E-state index in [2.05, 4.69) is 5.32 Å². The molecule has 0 unspecified atom stereocenters. The van der Waals surface area contributed by atoms with Crippen molar-refractivity contribution in [3.05, 3.63) is 59.4 Å². The predicted molar refractivity (Wildman–Crippen MR) is 90.7 cm³/mol. The summed E-state index contributed by atoms with van der Waals surface area (Å²) in [4.78, 5) is 34.8. The van der Waals surface area contributed by atoms with Crippen LogP contribution in [-0.4, -0.2) is 36.0 Å². The summed E-state index contributed by atoms with van der Waals surface area (Å²) in [6.07, 6.45) is -0.122. The maximum Gasteiger partial charge on any atom is 0.310 e. The van der Waals surface area contributed by atoms with Gasteiger partial charge in [-0.05, 0) is 29.8 Å². The first-order valence-corrected chi connectivity index (χ1v) is 7.90. The van der Waals surface area contributed by atoms with E-state index >= 15 is 0 Å². The van der Waals surface area contributed by atoms with Crippen LogP contribution in [-0.2, 0) is 25.5 Å². The Morgan fingerprint density at radius 1 is 0.929 bits per heavy atom. The summed E-state index contributed by atoms with van der Waals surface area (Å²) in [7, 11) is 0. The quantitative estimate of drug-likeness (QED) is 0.488. The third kappa shape index (κ3) is 6.01. The number of esters is 1. The molecule has 148 valence electrons. The fourth-order valence-electron chi connectivity index (χ4n) is 2.02. The number of benzene rings is 2. The average molecular weight is 396 g/mol. The number of ether oxygens (including phenoxy) is 1. The standard InChI is InChI=1S/C18H15F3N2O5/c19-12-5-6-13(18(21)17(12)20)23-14(25)8-22-15(26)9-28-16(27)7-10-1-3-11(24)4-2-10/h1-6,24H,7-9H2,(H,22,26)(H,23,25). The second kappa shape index (κ2) is 9.40. The summed E-state index contributed by atoms with van der Waals surface area (Å²) < 4.78 is 44.1. The number of aromatic hydroxyl groups is 1. The molecule has 0 heterocycles. The van der Waals surface area contributed by atoms with E-state index in [0.29, 0.717) is 11.6 Å². The third-order valence-corrected chi connectivity index (χ3v) is 3.40. The van der Waals surface area contributed by atoms with Crippen LogP contribution in [0.3, 0.4) is 0 Å². The van der Waals surface area contributed by atoms with E-state index < -0.39 is 54.1 Å². The number of rotatable bonds is 7. The number of halogens is 3. The number of carbonyl (C=O) groups is 3. The minimum atomic E-state index is -1.73. The maximum absolute atomic E-state index is 13.4. The molecule has 2 aromatic rings. The highest BCUT2D eigenvalue weighted by Crippen LogP contribution is 2.19. The van der Waals surface area contributed by atoms with Crippen LogP contribution >= 0.6 is 0 Å². The summed E-state index contributed by atoms with van der Waals surface area (Å²) in [6, 6.07) is 7.28. The Morgan fingerprint density at radius 2 is 1.61 bits per heavy atom. The molecule has 0 aliphatic carbocycles. The number of anilines is 1. The van der Waals surface area contributed by atoms with Crippen LogP contribution in [0.5, 0.6) is 5.75 Å². The number of carbonyl (C=O) groups excluding carboxylic acids is 3. The molecule has 2 aromatic carbocycles. The fourth-order valence-corrected chi connectivity index (χ4v) is 2.02. The Balaban J connectivity index is 1.73. The van der Waals surface area contributed by atoms with Crippen molar-refractivity contribution in [2.45, 2.75) is 6.42 Å². The Kier molecular flexibility index (Phi) is 6.96. The molecule has 0 fully saturated rings. The molecule has 0 atom stereocenters. The van der Waals surface area contributed by atoms with Gasteiger partial charge < -0.3 is 20.5 Å². The van der Waals surface area contributed by atoms with Crippen LogP contribution in [0.4, 0.5) is 18.9 Å². The lowest BCUT2D eigenvalue weighted by atomic mass is 10.1. The maximum atomic E-state index is 13.4. The number of amides is 2. The molecule has 0 aliphatic rings. The van der Waals surface area contributed by atoms with Crippen molar-refractivity contribution in [1.82, 2.24) is 5.32 Å². The van der Waals surface area contributed by atoms with Crippen LogP contribution in [0, 0.1) is 17.5 Å². The monoisotopic (exact) mass is 396 g/mol. The number of hydrogen-bond donors (Lipinski definition) is 3. The summed E-state index contributed by atoms with van der Waals surface area (Å²) in [5, 5.41) is 13.2. The van der Waals surface area contributed by atoms with Gasteiger partial charge in [-0.1, -0.05) is 12.1 Å². The predicted octanol–water partition coefficient (Wildman–Crippen LogP) is 1.65. The van der Waals surface area contributed by atoms with Crippen molar-refractivity contribution in [2.24, 2.45) is 0 Å². The van der Waals surface area contributed by atoms with E-state index in [4.69, 9.17) is 9.84 Å². The molecule has 0 aliphatic heterocycles. The number of hydrogen-bond acceptors (Lipinski definition) is 5. The molecule has 2 amide bonds. The minimum Gasteiger partial charge on any atom is -0.508 e. The summed E-state index contributed by atoms with van der Waals surface area (Å²) in [5.41, 5.74) is -0.0189. The summed E-state index contributed by atoms with van der Waals surface area (Å²) in [6.45, 7) is -1.25. The number of phenolic OH excluding ortho intramolecular Hbond substituents is 1. The fraction of sp³-hybridized carbons (Fsp3) is 0.167. The lowest BCUT2D eigenvalue weighted by Crippen LogP contribution is -2.35. The molecule has 0 saturated heterocycles. The molecular formula is C18H15F3N2O5. The lowest BCUT2D eigenvalue weighted by molar-refractivity contribution is -0.147. The van der Waals surface area contributed by atoms with Gasteiger partial charge in [0.25, 0.3) is 5.91 Å². The van der Waals surface area contributed by atoms with Gasteiger partial charge in [-0.3, -0.25) is 14.4 Å². The first kappa shape index (κ1) is 20.7. The zero-order valence-electron chi connectivity index (χ0n) is 14.3. The van der Waals surface area contributed by atoms with Crippen molar-refractivity contribution in [3.63, 3.8) is 0 Å². The first-order chi connectivity index (χ1) is 13.3. The molecule has 0 bridgehead atoms. The van der Waals surface area contributed by atoms with Crippen LogP contribution in [0.25, 0.3) is 0 Å². The SMILES string of the molecule is O=C(COC(=O)Cc1ccc(O)cc1)NCC(=O)Nc1ccc(F)c(F)c1F. The Bertz CT molecular complexity index is 888. The molecule has 10 heteroatoms. The van der Waals surface area contributed by atoms with Gasteiger partial charge in [-0.15, -0.1) is 0 Å². The molecule has 0 aromatic heterocycles. The Hall–Kier alpha value is -3.56. The van der Waals surface area contributed by atoms with Gasteiger partial charge in [-0.2, -0.15) is 0 Å². The van der Waals surface area contributed by atoms with Gasteiger partial charge in [0.05, 0.1) is 18.7 Å². The van der Waals surface area contributed by atoms with Crippen LogP contribution in [0.15, 0.2) is 36.4 Å². The second-order valence-corrected chi connectivity index (χ2v) is 5.55. The van der Waals surface area contributed by atoms with Gasteiger partial charge in [0, 0.05) is 0 Å². The molecular weight excluding hydrogens is 381 g/mol. The van der Waals surface area contributed by atoms with E-state index in [9.17, 15) is 27.6 Å². The largest absolute Gasteiger partial charge is 0.508 e. The van der Waals surface area contributed by atoms with Crippen LogP contribution in [0.1, 0.15) is 5.56 Å². The van der Waals surface area contributed by atoms with Crippen molar-refractivity contribution in [1.29, 1.82) is 0 Å². The Morgan fingerprint density at radius 3 is 2.29 bits per heavy atom. The van der Waals surface area contributed by atoms with E-state index in [1.54, 1.807) is 0 Å². The average Bonchev–Trinajstić information content (AvgIpc) is 2.67. The number of nitrogens with one attached hydrogen (secondary N) is 2.